The number of hydrogen-bond acceptors (Lipinski definition) is 2. The lowest BCUT2D eigenvalue weighted by atomic mass is 9.93. The Morgan fingerprint density at radius 3 is 2.64 bits per heavy atom. The first-order chi connectivity index (χ1) is 12.1. The van der Waals surface area contributed by atoms with Crippen LogP contribution in [-0.4, -0.2) is 27.1 Å². The molecule has 1 amide bonds. The third kappa shape index (κ3) is 2.96. The van der Waals surface area contributed by atoms with Crippen LogP contribution in [0.5, 0.6) is 0 Å². The zero-order chi connectivity index (χ0) is 17.6. The van der Waals surface area contributed by atoms with Gasteiger partial charge in [-0.25, -0.2) is 4.39 Å². The molecule has 1 aliphatic heterocycles. The van der Waals surface area contributed by atoms with Gasteiger partial charge in [0.2, 0.25) is 0 Å². The van der Waals surface area contributed by atoms with Crippen LogP contribution in [-0.2, 0) is 6.54 Å². The number of carbonyl (C=O) groups excluding carboxylic acids is 1. The quantitative estimate of drug-likeness (QED) is 0.820. The normalized spacial score (nSPS) is 20.0. The summed E-state index contributed by atoms with van der Waals surface area (Å²) in [6.45, 7) is 5.82. The van der Waals surface area contributed by atoms with Gasteiger partial charge >= 0.3 is 0 Å². The summed E-state index contributed by atoms with van der Waals surface area (Å²) in [6.07, 6.45) is 4.78. The Hall–Kier alpha value is -2.17. The standard InChI is InChI=1S/C20H24FN3O/c1-13(2)12-24-19(14-7-8-14)16(11-22-24)20(25)23-10-9-18(23)15-5-3-4-6-17(15)21/h3-6,11,13-14,18H,7-10,12H2,1-2H3. The zero-order valence-corrected chi connectivity index (χ0v) is 14.8. The second kappa shape index (κ2) is 6.28. The van der Waals surface area contributed by atoms with Crippen LogP contribution in [0.1, 0.15) is 66.7 Å². The maximum atomic E-state index is 14.1. The van der Waals surface area contributed by atoms with E-state index < -0.39 is 0 Å². The highest BCUT2D eigenvalue weighted by molar-refractivity contribution is 5.96. The fraction of sp³-hybridized carbons (Fsp3) is 0.500. The summed E-state index contributed by atoms with van der Waals surface area (Å²) in [6, 6.07) is 6.60. The van der Waals surface area contributed by atoms with Gasteiger partial charge in [-0.15, -0.1) is 0 Å². The van der Waals surface area contributed by atoms with Gasteiger partial charge in [0.15, 0.2) is 0 Å². The second-order valence-corrected chi connectivity index (χ2v) is 7.62. The number of likely N-dealkylation sites (tertiary alicyclic amines) is 1. The van der Waals surface area contributed by atoms with E-state index in [1.807, 2.05) is 10.7 Å². The predicted molar refractivity (Wildman–Crippen MR) is 93.8 cm³/mol. The summed E-state index contributed by atoms with van der Waals surface area (Å²) >= 11 is 0. The first kappa shape index (κ1) is 16.3. The van der Waals surface area contributed by atoms with E-state index in [9.17, 15) is 9.18 Å². The Kier molecular flexibility index (Phi) is 4.10. The molecule has 1 saturated heterocycles. The molecule has 4 nitrogen and oxygen atoms in total. The SMILES string of the molecule is CC(C)Cn1ncc(C(=O)N2CCC2c2ccccc2F)c1C1CC1. The minimum atomic E-state index is -0.233. The van der Waals surface area contributed by atoms with Gasteiger partial charge in [0.1, 0.15) is 5.82 Å². The molecule has 2 aliphatic rings. The third-order valence-corrected chi connectivity index (χ3v) is 5.16. The van der Waals surface area contributed by atoms with Gasteiger partial charge in [-0.3, -0.25) is 9.48 Å². The average molecular weight is 341 g/mol. The predicted octanol–water partition coefficient (Wildman–Crippen LogP) is 4.14. The van der Waals surface area contributed by atoms with Crippen molar-refractivity contribution < 1.29 is 9.18 Å². The lowest BCUT2D eigenvalue weighted by Crippen LogP contribution is -2.45. The maximum absolute atomic E-state index is 14.1. The first-order valence-corrected chi connectivity index (χ1v) is 9.17. The van der Waals surface area contributed by atoms with Crippen molar-refractivity contribution in [3.05, 3.63) is 53.1 Å². The molecule has 132 valence electrons. The molecule has 2 heterocycles. The van der Waals surface area contributed by atoms with E-state index in [0.29, 0.717) is 29.5 Å². The molecule has 4 rings (SSSR count). The van der Waals surface area contributed by atoms with Gasteiger partial charge in [0.05, 0.1) is 23.5 Å². The van der Waals surface area contributed by atoms with E-state index >= 15 is 0 Å². The highest BCUT2D eigenvalue weighted by Crippen LogP contribution is 2.43. The highest BCUT2D eigenvalue weighted by Gasteiger charge is 2.39. The molecule has 25 heavy (non-hydrogen) atoms. The van der Waals surface area contributed by atoms with Crippen molar-refractivity contribution in [1.29, 1.82) is 0 Å². The smallest absolute Gasteiger partial charge is 0.257 e. The summed E-state index contributed by atoms with van der Waals surface area (Å²) in [7, 11) is 0. The zero-order valence-electron chi connectivity index (χ0n) is 14.8. The number of aromatic nitrogens is 2. The van der Waals surface area contributed by atoms with Crippen LogP contribution in [0, 0.1) is 11.7 Å². The maximum Gasteiger partial charge on any atom is 0.257 e. The molecular formula is C20H24FN3O. The number of halogens is 1. The van der Waals surface area contributed by atoms with E-state index in [0.717, 1.165) is 31.5 Å². The molecule has 1 aromatic carbocycles. The van der Waals surface area contributed by atoms with Crippen LogP contribution in [0.2, 0.25) is 0 Å². The van der Waals surface area contributed by atoms with Gasteiger partial charge in [0.25, 0.3) is 5.91 Å². The topological polar surface area (TPSA) is 38.1 Å². The molecule has 2 fully saturated rings. The largest absolute Gasteiger partial charge is 0.331 e. The van der Waals surface area contributed by atoms with Crippen molar-refractivity contribution in [3.63, 3.8) is 0 Å². The fourth-order valence-corrected chi connectivity index (χ4v) is 3.69. The summed E-state index contributed by atoms with van der Waals surface area (Å²) in [4.78, 5) is 14.9. The minimum absolute atomic E-state index is 0.00332. The van der Waals surface area contributed by atoms with Crippen LogP contribution >= 0.6 is 0 Å². The molecule has 1 aliphatic carbocycles. The van der Waals surface area contributed by atoms with Gasteiger partial charge in [-0.05, 0) is 31.2 Å². The average Bonchev–Trinajstić information content (AvgIpc) is 3.29. The molecular weight excluding hydrogens is 317 g/mol. The second-order valence-electron chi connectivity index (χ2n) is 7.62. The van der Waals surface area contributed by atoms with Gasteiger partial charge in [-0.2, -0.15) is 5.10 Å². The van der Waals surface area contributed by atoms with E-state index in [4.69, 9.17) is 0 Å². The summed E-state index contributed by atoms with van der Waals surface area (Å²) in [5, 5.41) is 4.49. The Labute approximate surface area is 147 Å². The molecule has 0 radical (unpaired) electrons. The van der Waals surface area contributed by atoms with Crippen LogP contribution < -0.4 is 0 Å². The van der Waals surface area contributed by atoms with Crippen LogP contribution in [0.25, 0.3) is 0 Å². The minimum Gasteiger partial charge on any atom is -0.331 e. The fourth-order valence-electron chi connectivity index (χ4n) is 3.69. The molecule has 5 heteroatoms. The van der Waals surface area contributed by atoms with Crippen LogP contribution in [0.15, 0.2) is 30.5 Å². The Bertz CT molecular complexity index is 794. The van der Waals surface area contributed by atoms with Crippen molar-refractivity contribution in [1.82, 2.24) is 14.7 Å². The van der Waals surface area contributed by atoms with Crippen LogP contribution in [0.4, 0.5) is 4.39 Å². The first-order valence-electron chi connectivity index (χ1n) is 9.17. The van der Waals surface area contributed by atoms with Gasteiger partial charge in [-0.1, -0.05) is 32.0 Å². The van der Waals surface area contributed by atoms with Crippen LogP contribution in [0.3, 0.4) is 0 Å². The lowest BCUT2D eigenvalue weighted by Gasteiger charge is -2.41. The molecule has 1 saturated carbocycles. The molecule has 2 aromatic rings. The van der Waals surface area contributed by atoms with Crippen molar-refractivity contribution in [2.24, 2.45) is 5.92 Å². The van der Waals surface area contributed by atoms with Gasteiger partial charge < -0.3 is 4.90 Å². The Morgan fingerprint density at radius 1 is 1.28 bits per heavy atom. The molecule has 1 unspecified atom stereocenters. The molecule has 1 atom stereocenters. The van der Waals surface area contributed by atoms with Gasteiger partial charge in [0, 0.05) is 24.6 Å². The molecule has 1 aromatic heterocycles. The molecule has 0 spiro atoms. The Morgan fingerprint density at radius 2 is 2.04 bits per heavy atom. The number of nitrogens with zero attached hydrogens (tertiary/aromatic N) is 3. The number of benzene rings is 1. The van der Waals surface area contributed by atoms with Crippen molar-refractivity contribution in [2.75, 3.05) is 6.54 Å². The van der Waals surface area contributed by atoms with Crippen molar-refractivity contribution >= 4 is 5.91 Å². The lowest BCUT2D eigenvalue weighted by molar-refractivity contribution is 0.0451. The monoisotopic (exact) mass is 341 g/mol. The van der Waals surface area contributed by atoms with Crippen molar-refractivity contribution in [2.45, 2.75) is 51.6 Å². The summed E-state index contributed by atoms with van der Waals surface area (Å²) in [5.74, 6) is 0.697. The highest BCUT2D eigenvalue weighted by atomic mass is 19.1. The van der Waals surface area contributed by atoms with E-state index in [1.165, 1.54) is 6.07 Å². The number of carbonyl (C=O) groups is 1. The summed E-state index contributed by atoms with van der Waals surface area (Å²) in [5.41, 5.74) is 2.41. The van der Waals surface area contributed by atoms with E-state index in [1.54, 1.807) is 23.2 Å². The molecule has 0 bridgehead atoms. The molecule has 0 N–H and O–H groups in total. The number of hydrogen-bond donors (Lipinski definition) is 0. The number of amides is 1. The Balaban J connectivity index is 1.61. The third-order valence-electron chi connectivity index (χ3n) is 5.16. The number of rotatable bonds is 5. The van der Waals surface area contributed by atoms with E-state index in [2.05, 4.69) is 18.9 Å². The summed E-state index contributed by atoms with van der Waals surface area (Å²) < 4.78 is 16.1. The van der Waals surface area contributed by atoms with Crippen molar-refractivity contribution in [3.8, 4) is 0 Å². The van der Waals surface area contributed by atoms with E-state index in [-0.39, 0.29) is 17.8 Å².